The Kier molecular flexibility index (Phi) is 5.41. The van der Waals surface area contributed by atoms with Crippen molar-refractivity contribution in [3.8, 4) is 0 Å². The first-order valence-corrected chi connectivity index (χ1v) is 8.66. The second-order valence-electron chi connectivity index (χ2n) is 6.34. The lowest BCUT2D eigenvalue weighted by Crippen LogP contribution is -2.37. The van der Waals surface area contributed by atoms with Crippen LogP contribution in [-0.2, 0) is 29.0 Å². The van der Waals surface area contributed by atoms with Gasteiger partial charge in [0.25, 0.3) is 0 Å². The molecule has 1 N–H and O–H groups in total. The Morgan fingerprint density at radius 2 is 2.04 bits per heavy atom. The van der Waals surface area contributed by atoms with Gasteiger partial charge in [-0.25, -0.2) is 9.97 Å². The molecule has 6 nitrogen and oxygen atoms in total. The molecule has 0 saturated carbocycles. The van der Waals surface area contributed by atoms with Crippen LogP contribution in [-0.4, -0.2) is 33.2 Å². The average molecular weight is 350 g/mol. The quantitative estimate of drug-likeness (QED) is 0.841. The molecule has 6 heteroatoms. The van der Waals surface area contributed by atoms with Gasteiger partial charge in [-0.1, -0.05) is 18.7 Å². The average Bonchev–Trinajstić information content (AvgIpc) is 2.67. The first-order chi connectivity index (χ1) is 12.6. The summed E-state index contributed by atoms with van der Waals surface area (Å²) in [6.07, 6.45) is 4.73. The highest BCUT2D eigenvalue weighted by Gasteiger charge is 2.22. The Balaban J connectivity index is 1.55. The van der Waals surface area contributed by atoms with Crippen LogP contribution in [0.1, 0.15) is 28.9 Å². The van der Waals surface area contributed by atoms with Gasteiger partial charge in [-0.05, 0) is 37.1 Å². The van der Waals surface area contributed by atoms with Gasteiger partial charge >= 0.3 is 0 Å². The second kappa shape index (κ2) is 7.91. The molecule has 2 amide bonds. The van der Waals surface area contributed by atoms with Crippen molar-refractivity contribution in [3.63, 3.8) is 0 Å². The number of nitrogens with one attached hydrogen (secondary N) is 1. The number of fused-ring (bicyclic) bond motifs is 1. The predicted molar refractivity (Wildman–Crippen MR) is 99.5 cm³/mol. The third-order valence-corrected chi connectivity index (χ3v) is 4.60. The predicted octanol–water partition coefficient (Wildman–Crippen LogP) is 2.43. The zero-order valence-electron chi connectivity index (χ0n) is 14.9. The number of aromatic nitrogens is 2. The fourth-order valence-electron chi connectivity index (χ4n) is 3.05. The van der Waals surface area contributed by atoms with E-state index in [1.54, 1.807) is 6.33 Å². The van der Waals surface area contributed by atoms with Crippen LogP contribution in [0.2, 0.25) is 0 Å². The summed E-state index contributed by atoms with van der Waals surface area (Å²) in [7, 11) is 0. The maximum absolute atomic E-state index is 12.6. The lowest BCUT2D eigenvalue weighted by Gasteiger charge is -2.29. The minimum Gasteiger partial charge on any atom is -0.338 e. The summed E-state index contributed by atoms with van der Waals surface area (Å²) < 4.78 is 0. The minimum atomic E-state index is -0.238. The molecule has 0 bridgehead atoms. The Morgan fingerprint density at radius 3 is 2.77 bits per heavy atom. The van der Waals surface area contributed by atoms with Crippen molar-refractivity contribution in [2.45, 2.75) is 32.7 Å². The van der Waals surface area contributed by atoms with E-state index in [1.807, 2.05) is 36.1 Å². The molecule has 0 saturated heterocycles. The number of aryl methyl sites for hydroxylation is 2. The molecule has 1 aromatic heterocycles. The summed E-state index contributed by atoms with van der Waals surface area (Å²) in [6.45, 7) is 6.68. The van der Waals surface area contributed by atoms with Crippen LogP contribution in [0, 0.1) is 6.92 Å². The molecule has 0 aliphatic carbocycles. The Hall–Kier alpha value is -3.02. The van der Waals surface area contributed by atoms with E-state index in [0.717, 1.165) is 28.9 Å². The van der Waals surface area contributed by atoms with Crippen LogP contribution in [0.4, 0.5) is 5.69 Å². The molecule has 2 aromatic rings. The van der Waals surface area contributed by atoms with Gasteiger partial charge in [0.05, 0.1) is 5.69 Å². The molecule has 0 fully saturated rings. The molecule has 1 aromatic carbocycles. The number of carbonyl (C=O) groups is 2. The van der Waals surface area contributed by atoms with Crippen molar-refractivity contribution >= 4 is 17.5 Å². The van der Waals surface area contributed by atoms with Crippen molar-refractivity contribution < 1.29 is 9.59 Å². The third-order valence-electron chi connectivity index (χ3n) is 4.60. The summed E-state index contributed by atoms with van der Waals surface area (Å²) >= 11 is 0. The first-order valence-electron chi connectivity index (χ1n) is 8.66. The molecular formula is C20H22N4O2. The van der Waals surface area contributed by atoms with Crippen LogP contribution in [0.25, 0.3) is 0 Å². The summed E-state index contributed by atoms with van der Waals surface area (Å²) in [6, 6.07) is 7.52. The van der Waals surface area contributed by atoms with E-state index in [0.29, 0.717) is 31.6 Å². The Morgan fingerprint density at radius 1 is 1.27 bits per heavy atom. The minimum absolute atomic E-state index is 0.142. The highest BCUT2D eigenvalue weighted by Crippen LogP contribution is 2.20. The van der Waals surface area contributed by atoms with E-state index < -0.39 is 0 Å². The Bertz CT molecular complexity index is 830. The topological polar surface area (TPSA) is 75.2 Å². The number of benzene rings is 1. The van der Waals surface area contributed by atoms with Gasteiger partial charge in [-0.3, -0.25) is 9.59 Å². The smallest absolute Gasteiger partial charge is 0.247 e. The van der Waals surface area contributed by atoms with Gasteiger partial charge in [-0.15, -0.1) is 0 Å². The van der Waals surface area contributed by atoms with Crippen LogP contribution >= 0.6 is 0 Å². The third kappa shape index (κ3) is 4.14. The lowest BCUT2D eigenvalue weighted by atomic mass is 10.0. The largest absolute Gasteiger partial charge is 0.338 e. The van der Waals surface area contributed by atoms with E-state index in [-0.39, 0.29) is 11.8 Å². The number of rotatable bonds is 5. The normalized spacial score (nSPS) is 13.0. The van der Waals surface area contributed by atoms with E-state index >= 15 is 0 Å². The second-order valence-corrected chi connectivity index (χ2v) is 6.34. The van der Waals surface area contributed by atoms with Crippen molar-refractivity contribution in [3.05, 3.63) is 65.8 Å². The first kappa shape index (κ1) is 17.8. The van der Waals surface area contributed by atoms with E-state index in [1.165, 1.54) is 6.08 Å². The van der Waals surface area contributed by atoms with Gasteiger partial charge in [0.2, 0.25) is 11.8 Å². The van der Waals surface area contributed by atoms with Crippen molar-refractivity contribution in [1.29, 1.82) is 0 Å². The lowest BCUT2D eigenvalue weighted by molar-refractivity contribution is -0.132. The van der Waals surface area contributed by atoms with Gasteiger partial charge in [0.1, 0.15) is 6.33 Å². The maximum Gasteiger partial charge on any atom is 0.247 e. The van der Waals surface area contributed by atoms with Crippen LogP contribution in [0.15, 0.2) is 43.2 Å². The standard InChI is InChI=1S/C20H22N4O2/c1-3-19(25)23-16-7-4-15(5-8-16)6-9-20(26)24-11-10-18-17(12-24)14(2)21-13-22-18/h3-5,7-8,13H,1,6,9-12H2,2H3,(H,23,25). The highest BCUT2D eigenvalue weighted by molar-refractivity contribution is 5.98. The van der Waals surface area contributed by atoms with E-state index in [2.05, 4.69) is 21.9 Å². The molecule has 2 heterocycles. The fraction of sp³-hybridized carbons (Fsp3) is 0.300. The summed E-state index contributed by atoms with van der Waals surface area (Å²) in [5.74, 6) is -0.0967. The van der Waals surface area contributed by atoms with Gasteiger partial charge < -0.3 is 10.2 Å². The zero-order chi connectivity index (χ0) is 18.5. The monoisotopic (exact) mass is 350 g/mol. The molecule has 0 atom stereocenters. The molecular weight excluding hydrogens is 328 g/mol. The zero-order valence-corrected chi connectivity index (χ0v) is 14.9. The van der Waals surface area contributed by atoms with E-state index in [4.69, 9.17) is 0 Å². The van der Waals surface area contributed by atoms with Crippen LogP contribution in [0.3, 0.4) is 0 Å². The number of carbonyl (C=O) groups excluding carboxylic acids is 2. The molecule has 1 aliphatic rings. The number of hydrogen-bond donors (Lipinski definition) is 1. The molecule has 1 aliphatic heterocycles. The molecule has 0 unspecified atom stereocenters. The van der Waals surface area contributed by atoms with Crippen molar-refractivity contribution in [2.75, 3.05) is 11.9 Å². The molecule has 26 heavy (non-hydrogen) atoms. The summed E-state index contributed by atoms with van der Waals surface area (Å²) in [4.78, 5) is 34.3. The molecule has 134 valence electrons. The summed E-state index contributed by atoms with van der Waals surface area (Å²) in [5.41, 5.74) is 4.86. The molecule has 0 spiro atoms. The molecule has 3 rings (SSSR count). The highest BCUT2D eigenvalue weighted by atomic mass is 16.2. The number of nitrogens with zero attached hydrogens (tertiary/aromatic N) is 3. The SMILES string of the molecule is C=CC(=O)Nc1ccc(CCC(=O)N2CCc3ncnc(C)c3C2)cc1. The van der Waals surface area contributed by atoms with Crippen molar-refractivity contribution in [2.24, 2.45) is 0 Å². The van der Waals surface area contributed by atoms with Crippen molar-refractivity contribution in [1.82, 2.24) is 14.9 Å². The number of amides is 2. The van der Waals surface area contributed by atoms with Crippen LogP contribution < -0.4 is 5.32 Å². The fourth-order valence-corrected chi connectivity index (χ4v) is 3.05. The summed E-state index contributed by atoms with van der Waals surface area (Å²) in [5, 5.41) is 2.71. The maximum atomic E-state index is 12.6. The number of anilines is 1. The van der Waals surface area contributed by atoms with Crippen LogP contribution in [0.5, 0.6) is 0 Å². The van der Waals surface area contributed by atoms with Gasteiger partial charge in [-0.2, -0.15) is 0 Å². The van der Waals surface area contributed by atoms with E-state index in [9.17, 15) is 9.59 Å². The molecule has 0 radical (unpaired) electrons. The van der Waals surface area contributed by atoms with Gasteiger partial charge in [0, 0.05) is 42.9 Å². The number of hydrogen-bond acceptors (Lipinski definition) is 4. The Labute approximate surface area is 153 Å². The van der Waals surface area contributed by atoms with Gasteiger partial charge in [0.15, 0.2) is 0 Å².